The van der Waals surface area contributed by atoms with Crippen LogP contribution in [0.3, 0.4) is 0 Å². The highest BCUT2D eigenvalue weighted by Crippen LogP contribution is 2.50. The van der Waals surface area contributed by atoms with E-state index in [0.717, 1.165) is 5.56 Å². The zero-order valence-corrected chi connectivity index (χ0v) is 49.3. The highest BCUT2D eigenvalue weighted by atomic mass is 31.3. The number of rotatable bonds is 34. The number of hydrogen-bond donors (Lipinski definition) is 6. The van der Waals surface area contributed by atoms with Crippen LogP contribution < -0.4 is 35.1 Å². The van der Waals surface area contributed by atoms with Gasteiger partial charge in [-0.2, -0.15) is 0 Å². The summed E-state index contributed by atoms with van der Waals surface area (Å²) in [5, 5.41) is 20.8. The quantitative estimate of drug-likeness (QED) is 0.0263. The van der Waals surface area contributed by atoms with Crippen molar-refractivity contribution in [3.05, 3.63) is 43.1 Å². The molecule has 21 heteroatoms. The van der Waals surface area contributed by atoms with Gasteiger partial charge >= 0.3 is 0 Å². The van der Waals surface area contributed by atoms with Crippen LogP contribution in [0.2, 0.25) is 0 Å². The number of nitrogens with one attached hydrogen (secondary N) is 3. The maximum atomic E-state index is 11.5. The summed E-state index contributed by atoms with van der Waals surface area (Å²) in [6.45, 7) is 32.3. The second-order valence-corrected chi connectivity index (χ2v) is 22.7. The molecule has 19 nitrogen and oxygen atoms in total. The van der Waals surface area contributed by atoms with Gasteiger partial charge in [0.1, 0.15) is 24.6 Å². The normalized spacial score (nSPS) is 17.5. The second kappa shape index (κ2) is 38.7. The predicted molar refractivity (Wildman–Crippen MR) is 295 cm³/mol. The summed E-state index contributed by atoms with van der Waals surface area (Å²) >= 11 is 0. The van der Waals surface area contributed by atoms with Crippen molar-refractivity contribution in [3.63, 3.8) is 0 Å². The van der Waals surface area contributed by atoms with E-state index in [0.29, 0.717) is 22.5 Å². The van der Waals surface area contributed by atoms with Crippen LogP contribution in [-0.2, 0) is 22.7 Å². The number of anilines is 1. The smallest absolute Gasteiger partial charge is 0.271 e. The molecule has 0 bridgehead atoms. The number of unbranched alkanes of at least 4 members (excludes halogenated alkanes) is 9. The summed E-state index contributed by atoms with van der Waals surface area (Å²) < 4.78 is 38.2. The molecule has 1 saturated heterocycles. The number of aliphatic hydroxyl groups is 2. The Kier molecular flexibility index (Phi) is 35.2. The molecule has 0 saturated carbocycles. The van der Waals surface area contributed by atoms with Crippen molar-refractivity contribution in [2.45, 2.75) is 202 Å². The van der Waals surface area contributed by atoms with Crippen LogP contribution in [0.1, 0.15) is 184 Å². The fraction of sp³-hybridized carbons (Fsp3) is 0.759. The van der Waals surface area contributed by atoms with Crippen molar-refractivity contribution in [2.24, 2.45) is 0 Å². The molecule has 3 aromatic heterocycles. The number of nitrogen functional groups attached to an aromatic ring is 1. The molecule has 75 heavy (non-hydrogen) atoms. The minimum absolute atomic E-state index is 0.242. The number of quaternary nitrogens is 3. The van der Waals surface area contributed by atoms with Gasteiger partial charge in [0.05, 0.1) is 85.4 Å². The van der Waals surface area contributed by atoms with E-state index < -0.39 is 46.8 Å². The average Bonchev–Trinajstić information content (AvgIpc) is 4.10. The monoisotopic (exact) mass is 1100 g/mol. The molecule has 0 spiro atoms. The zero-order valence-electron chi connectivity index (χ0n) is 47.5. The van der Waals surface area contributed by atoms with E-state index in [1.54, 1.807) is 22.7 Å². The fourth-order valence-electron chi connectivity index (χ4n) is 8.77. The Labute approximate surface area is 450 Å². The molecule has 7 N–H and O–H groups in total. The highest BCUT2D eigenvalue weighted by molar-refractivity contribution is 7.58. The van der Waals surface area contributed by atoms with E-state index in [1.165, 1.54) is 192 Å². The van der Waals surface area contributed by atoms with Gasteiger partial charge in [0.2, 0.25) is 0 Å². The second-order valence-electron chi connectivity index (χ2n) is 20.0. The van der Waals surface area contributed by atoms with Crippen molar-refractivity contribution in [1.29, 1.82) is 0 Å². The van der Waals surface area contributed by atoms with Gasteiger partial charge in [0, 0.05) is 17.4 Å². The number of benzene rings is 1. The molecule has 0 aliphatic carbocycles. The Bertz CT molecular complexity index is 2050. The first kappa shape index (κ1) is 68.2. The van der Waals surface area contributed by atoms with Crippen molar-refractivity contribution in [2.75, 3.05) is 71.2 Å². The molecule has 4 heterocycles. The molecule has 4 aromatic rings. The first-order valence-corrected chi connectivity index (χ1v) is 31.7. The van der Waals surface area contributed by atoms with E-state index in [1.807, 2.05) is 26.8 Å². The lowest BCUT2D eigenvalue weighted by atomic mass is 10.1. The summed E-state index contributed by atoms with van der Waals surface area (Å²) in [7, 11) is -11.4. The van der Waals surface area contributed by atoms with Crippen molar-refractivity contribution in [3.8, 4) is 11.3 Å². The van der Waals surface area contributed by atoms with Crippen LogP contribution in [0.15, 0.2) is 43.1 Å². The van der Waals surface area contributed by atoms with Crippen LogP contribution in [0.4, 0.5) is 5.69 Å². The molecule has 5 rings (SSSR count). The van der Waals surface area contributed by atoms with Gasteiger partial charge in [-0.25, -0.2) is 15.0 Å². The lowest BCUT2D eigenvalue weighted by Crippen LogP contribution is -3.12. The van der Waals surface area contributed by atoms with Gasteiger partial charge in [-0.15, -0.1) is 0 Å². The Hall–Kier alpha value is -2.87. The molecule has 1 aliphatic rings. The van der Waals surface area contributed by atoms with E-state index in [2.05, 4.69) is 86.1 Å². The Morgan fingerprint density at radius 3 is 1.37 bits per heavy atom. The molecule has 1 fully saturated rings. The maximum Gasteiger partial charge on any atom is 0.271 e. The van der Waals surface area contributed by atoms with E-state index in [9.17, 15) is 34.0 Å². The van der Waals surface area contributed by atoms with E-state index in [-0.39, 0.29) is 5.65 Å². The molecule has 432 valence electrons. The number of ether oxygens (including phenoxy) is 1. The number of imidazole rings is 2. The summed E-state index contributed by atoms with van der Waals surface area (Å²) in [6.07, 6.45) is 23.4. The predicted octanol–water partition coefficient (Wildman–Crippen LogP) is 5.09. The third kappa shape index (κ3) is 26.6. The van der Waals surface area contributed by atoms with Crippen LogP contribution in [0, 0.1) is 0 Å². The zero-order chi connectivity index (χ0) is 55.7. The topological polar surface area (TPSA) is 259 Å². The van der Waals surface area contributed by atoms with Gasteiger partial charge in [-0.05, 0) is 69.9 Å². The lowest BCUT2D eigenvalue weighted by molar-refractivity contribution is -0.900. The molecule has 5 atom stereocenters. The first-order valence-electron chi connectivity index (χ1n) is 28.7. The van der Waals surface area contributed by atoms with E-state index >= 15 is 0 Å². The lowest BCUT2D eigenvalue weighted by Gasteiger charge is -2.35. The van der Waals surface area contributed by atoms with Crippen molar-refractivity contribution < 1.29 is 62.3 Å². The Balaban J connectivity index is 0.000000407. The van der Waals surface area contributed by atoms with Crippen LogP contribution in [0.5, 0.6) is 0 Å². The average molecular weight is 1100 g/mol. The summed E-state index contributed by atoms with van der Waals surface area (Å²) in [6, 6.07) is 7.10. The summed E-state index contributed by atoms with van der Waals surface area (Å²) in [4.78, 5) is 51.3. The number of aromatic nitrogens is 5. The van der Waals surface area contributed by atoms with E-state index in [4.69, 9.17) is 10.5 Å². The van der Waals surface area contributed by atoms with Gasteiger partial charge < -0.3 is 59.2 Å². The van der Waals surface area contributed by atoms with Crippen molar-refractivity contribution in [1.82, 2.24) is 23.9 Å². The fourth-order valence-corrected chi connectivity index (χ4v) is 10.3. The molecule has 1 aromatic carbocycles. The highest BCUT2D eigenvalue weighted by Gasteiger charge is 2.45. The standard InChI is InChI=1S/C18H20N6O10P2.3C12H27N/c19-10-3-1-9(2-4-10)11-5-23-7-21-16-13(17(23)22-11)20-8-24(16)18-15(26)14(25)12(33-18)6-32-36(30,31)34-35(27,28)29;3*1-4-7-10-13(11-8-5-2)12-9-6-3/h1-5,7-8,12,14-15,18,25-26H,6,19H2,(H,30,31)(H2,27,28,29);3*4-12H2,1-3H3/t12-,14-,15-,18-;;;/m1.../s1. The largest absolute Gasteiger partial charge is 0.790 e. The molecule has 0 amide bonds. The van der Waals surface area contributed by atoms with Gasteiger partial charge in [0.25, 0.3) is 7.82 Å². The minimum atomic E-state index is -5.88. The number of fused-ring (bicyclic) bond motifs is 3. The number of phosphoric acid groups is 2. The number of hydrogen-bond acceptors (Lipinski definition) is 14. The molecular formula is C54H101N9O10P2. The van der Waals surface area contributed by atoms with Crippen LogP contribution in [-0.4, -0.2) is 118 Å². The molecule has 1 unspecified atom stereocenters. The van der Waals surface area contributed by atoms with Gasteiger partial charge in [-0.1, -0.05) is 132 Å². The summed E-state index contributed by atoms with van der Waals surface area (Å²) in [5.41, 5.74) is 8.82. The number of aliphatic hydroxyl groups excluding tert-OH is 2. The SMILES string of the molecule is CCCC[NH+](CCCC)CCCC.CCCC[NH+](CCCC)CCCC.CCCC[NH+](CCCC)CCCC.Nc1ccc(-c2cn3cnc4c(ncn4[C@@H]4O[C@H](COP(=O)([O-])OP(=O)([O-])[O-])[C@@H](O)[C@H]4O)c3n2)cc1. The maximum absolute atomic E-state index is 11.5. The number of nitrogens with zero attached hydrogens (tertiary/aromatic N) is 5. The molecule has 0 radical (unpaired) electrons. The summed E-state index contributed by atoms with van der Waals surface area (Å²) in [5.74, 6) is 0. The van der Waals surface area contributed by atoms with Gasteiger partial charge in [0.15, 0.2) is 23.0 Å². The third-order valence-corrected chi connectivity index (χ3v) is 15.5. The Morgan fingerprint density at radius 1 is 0.600 bits per heavy atom. The van der Waals surface area contributed by atoms with Crippen LogP contribution >= 0.6 is 15.6 Å². The van der Waals surface area contributed by atoms with Crippen LogP contribution in [0.25, 0.3) is 28.1 Å². The first-order chi connectivity index (χ1) is 36.0. The molecular weight excluding hydrogens is 997 g/mol. The third-order valence-electron chi connectivity index (χ3n) is 13.4. The minimum Gasteiger partial charge on any atom is -0.790 e. The number of phosphoric ester groups is 1. The molecule has 1 aliphatic heterocycles. The van der Waals surface area contributed by atoms with Crippen molar-refractivity contribution >= 4 is 38.1 Å². The Morgan fingerprint density at radius 2 is 1.00 bits per heavy atom. The number of nitrogens with two attached hydrogens (primary N) is 1. The van der Waals surface area contributed by atoms with Gasteiger partial charge in [-0.3, -0.25) is 17.8 Å².